The number of hydrogen-bond acceptors (Lipinski definition) is 3. The lowest BCUT2D eigenvalue weighted by molar-refractivity contribution is 0.0854. The fourth-order valence-electron chi connectivity index (χ4n) is 1.15. The first-order valence-corrected chi connectivity index (χ1v) is 4.91. The summed E-state index contributed by atoms with van der Waals surface area (Å²) in [5.74, 6) is -3.87. The van der Waals surface area contributed by atoms with Crippen molar-refractivity contribution >= 4 is 5.82 Å². The monoisotopic (exact) mass is 234 g/mol. The van der Waals surface area contributed by atoms with Gasteiger partial charge in [0.25, 0.3) is 5.95 Å². The van der Waals surface area contributed by atoms with Crippen LogP contribution in [0.5, 0.6) is 0 Å². The van der Waals surface area contributed by atoms with Gasteiger partial charge in [0, 0.05) is 19.2 Å². The van der Waals surface area contributed by atoms with Crippen molar-refractivity contribution in [1.82, 2.24) is 4.98 Å². The van der Waals surface area contributed by atoms with Gasteiger partial charge in [-0.15, -0.1) is 0 Å². The van der Waals surface area contributed by atoms with Crippen LogP contribution in [0.1, 0.15) is 13.8 Å². The molecule has 0 saturated heterocycles. The van der Waals surface area contributed by atoms with E-state index in [4.69, 9.17) is 4.74 Å². The molecule has 1 rings (SSSR count). The summed E-state index contributed by atoms with van der Waals surface area (Å²) in [4.78, 5) is 3.12. The largest absolute Gasteiger partial charge is 0.377 e. The molecule has 1 N–H and O–H groups in total. The molecule has 0 aromatic carbocycles. The molecule has 0 aliphatic carbocycles. The van der Waals surface area contributed by atoms with Crippen LogP contribution in [0.4, 0.5) is 19.0 Å². The molecule has 0 amide bonds. The van der Waals surface area contributed by atoms with E-state index >= 15 is 0 Å². The van der Waals surface area contributed by atoms with Crippen molar-refractivity contribution in [3.05, 3.63) is 23.6 Å². The minimum Gasteiger partial charge on any atom is -0.377 e. The van der Waals surface area contributed by atoms with Crippen LogP contribution in [-0.2, 0) is 4.74 Å². The molecular formula is C10H13F3N2O. The Morgan fingerprint density at radius 2 is 2.06 bits per heavy atom. The second-order valence-corrected chi connectivity index (χ2v) is 3.24. The highest BCUT2D eigenvalue weighted by Crippen LogP contribution is 2.14. The van der Waals surface area contributed by atoms with Gasteiger partial charge in [-0.05, 0) is 13.8 Å². The number of ether oxygens (including phenoxy) is 1. The van der Waals surface area contributed by atoms with E-state index in [1.165, 1.54) is 0 Å². The number of anilines is 1. The summed E-state index contributed by atoms with van der Waals surface area (Å²) in [7, 11) is 0. The molecule has 90 valence electrons. The first-order chi connectivity index (χ1) is 7.54. The molecule has 0 saturated carbocycles. The summed E-state index contributed by atoms with van der Waals surface area (Å²) in [5.41, 5.74) is 0. The van der Waals surface area contributed by atoms with Gasteiger partial charge < -0.3 is 10.1 Å². The SMILES string of the molecule is CCOC(C)CNc1nc(F)c(F)cc1F. The summed E-state index contributed by atoms with van der Waals surface area (Å²) in [6, 6.07) is 0.454. The number of hydrogen-bond donors (Lipinski definition) is 1. The maximum absolute atomic E-state index is 13.1. The van der Waals surface area contributed by atoms with Crippen LogP contribution < -0.4 is 5.32 Å². The molecule has 1 unspecified atom stereocenters. The van der Waals surface area contributed by atoms with Crippen LogP contribution >= 0.6 is 0 Å². The number of nitrogens with one attached hydrogen (secondary N) is 1. The predicted molar refractivity (Wildman–Crippen MR) is 53.7 cm³/mol. The topological polar surface area (TPSA) is 34.1 Å². The molecule has 0 spiro atoms. The van der Waals surface area contributed by atoms with Crippen molar-refractivity contribution in [1.29, 1.82) is 0 Å². The van der Waals surface area contributed by atoms with Crippen LogP contribution in [0.25, 0.3) is 0 Å². The lowest BCUT2D eigenvalue weighted by atomic mass is 10.3. The Kier molecular flexibility index (Phi) is 4.54. The Morgan fingerprint density at radius 3 is 2.69 bits per heavy atom. The van der Waals surface area contributed by atoms with E-state index in [0.29, 0.717) is 12.7 Å². The van der Waals surface area contributed by atoms with Crippen molar-refractivity contribution in [3.8, 4) is 0 Å². The predicted octanol–water partition coefficient (Wildman–Crippen LogP) is 2.34. The summed E-state index contributed by atoms with van der Waals surface area (Å²) < 4.78 is 43.5. The normalized spacial score (nSPS) is 12.6. The van der Waals surface area contributed by atoms with Crippen molar-refractivity contribution < 1.29 is 17.9 Å². The molecule has 0 bridgehead atoms. The van der Waals surface area contributed by atoms with E-state index in [1.807, 2.05) is 6.92 Å². The number of rotatable bonds is 5. The number of aromatic nitrogens is 1. The second-order valence-electron chi connectivity index (χ2n) is 3.24. The van der Waals surface area contributed by atoms with Crippen LogP contribution in [0.15, 0.2) is 6.07 Å². The lowest BCUT2D eigenvalue weighted by Crippen LogP contribution is -2.21. The standard InChI is InChI=1S/C10H13F3N2O/c1-3-16-6(2)5-14-10-8(12)4-7(11)9(13)15-10/h4,6H,3,5H2,1-2H3,(H,14,15). The molecule has 0 aliphatic heterocycles. The van der Waals surface area contributed by atoms with E-state index in [-0.39, 0.29) is 18.5 Å². The Balaban J connectivity index is 2.63. The molecule has 16 heavy (non-hydrogen) atoms. The van der Waals surface area contributed by atoms with Gasteiger partial charge in [-0.3, -0.25) is 0 Å². The van der Waals surface area contributed by atoms with Crippen molar-refractivity contribution in [3.63, 3.8) is 0 Å². The molecule has 1 heterocycles. The van der Waals surface area contributed by atoms with E-state index in [9.17, 15) is 13.2 Å². The zero-order valence-electron chi connectivity index (χ0n) is 9.06. The molecule has 0 fully saturated rings. The van der Waals surface area contributed by atoms with Gasteiger partial charge in [0.05, 0.1) is 6.10 Å². The number of nitrogens with zero attached hydrogens (tertiary/aromatic N) is 1. The van der Waals surface area contributed by atoms with Crippen LogP contribution in [-0.4, -0.2) is 24.2 Å². The minimum atomic E-state index is -1.33. The van der Waals surface area contributed by atoms with Crippen LogP contribution in [0, 0.1) is 17.6 Å². The second kappa shape index (κ2) is 5.69. The highest BCUT2D eigenvalue weighted by molar-refractivity contribution is 5.36. The molecule has 0 radical (unpaired) electrons. The molecule has 6 heteroatoms. The maximum Gasteiger partial charge on any atom is 0.251 e. The zero-order chi connectivity index (χ0) is 12.1. The summed E-state index contributed by atoms with van der Waals surface area (Å²) >= 11 is 0. The third-order valence-corrected chi connectivity index (χ3v) is 1.89. The van der Waals surface area contributed by atoms with Gasteiger partial charge in [0.15, 0.2) is 17.5 Å². The first-order valence-electron chi connectivity index (χ1n) is 4.91. The first kappa shape index (κ1) is 12.8. The van der Waals surface area contributed by atoms with E-state index < -0.39 is 17.6 Å². The van der Waals surface area contributed by atoms with Crippen molar-refractivity contribution in [2.24, 2.45) is 0 Å². The quantitative estimate of drug-likeness (QED) is 0.794. The number of halogens is 3. The van der Waals surface area contributed by atoms with Gasteiger partial charge in [0.2, 0.25) is 0 Å². The molecule has 1 aromatic heterocycles. The molecule has 0 aliphatic rings. The smallest absolute Gasteiger partial charge is 0.251 e. The van der Waals surface area contributed by atoms with Gasteiger partial charge in [-0.25, -0.2) is 8.78 Å². The maximum atomic E-state index is 13.1. The summed E-state index contributed by atoms with van der Waals surface area (Å²) in [6.45, 7) is 4.39. The Labute approximate surface area is 91.6 Å². The van der Waals surface area contributed by atoms with E-state index in [0.717, 1.165) is 0 Å². The summed E-state index contributed by atoms with van der Waals surface area (Å²) in [5, 5.41) is 2.55. The summed E-state index contributed by atoms with van der Waals surface area (Å²) in [6.07, 6.45) is -0.167. The average molecular weight is 234 g/mol. The van der Waals surface area contributed by atoms with E-state index in [1.54, 1.807) is 6.92 Å². The third kappa shape index (κ3) is 3.37. The fraction of sp³-hybridized carbons (Fsp3) is 0.500. The average Bonchev–Trinajstić information content (AvgIpc) is 2.22. The van der Waals surface area contributed by atoms with Crippen LogP contribution in [0.2, 0.25) is 0 Å². The Morgan fingerprint density at radius 1 is 1.38 bits per heavy atom. The van der Waals surface area contributed by atoms with E-state index in [2.05, 4.69) is 10.3 Å². The van der Waals surface area contributed by atoms with Crippen LogP contribution in [0.3, 0.4) is 0 Å². The Hall–Kier alpha value is -1.30. The van der Waals surface area contributed by atoms with Crippen molar-refractivity contribution in [2.45, 2.75) is 20.0 Å². The highest BCUT2D eigenvalue weighted by Gasteiger charge is 2.12. The minimum absolute atomic E-state index is 0.167. The zero-order valence-corrected chi connectivity index (χ0v) is 9.06. The Bertz CT molecular complexity index is 360. The fourth-order valence-corrected chi connectivity index (χ4v) is 1.15. The van der Waals surface area contributed by atoms with Gasteiger partial charge in [0.1, 0.15) is 0 Å². The molecule has 1 atom stereocenters. The molecule has 1 aromatic rings. The highest BCUT2D eigenvalue weighted by atomic mass is 19.2. The van der Waals surface area contributed by atoms with Gasteiger partial charge >= 0.3 is 0 Å². The third-order valence-electron chi connectivity index (χ3n) is 1.89. The molecular weight excluding hydrogens is 221 g/mol. The number of pyridine rings is 1. The van der Waals surface area contributed by atoms with Crippen molar-refractivity contribution in [2.75, 3.05) is 18.5 Å². The van der Waals surface area contributed by atoms with Gasteiger partial charge in [-0.2, -0.15) is 9.37 Å². The molecule has 3 nitrogen and oxygen atoms in total. The lowest BCUT2D eigenvalue weighted by Gasteiger charge is -2.13. The van der Waals surface area contributed by atoms with Gasteiger partial charge in [-0.1, -0.05) is 0 Å².